The largest absolute Gasteiger partial charge is 0.326 e. The molecule has 1 aliphatic carbocycles. The summed E-state index contributed by atoms with van der Waals surface area (Å²) in [6.45, 7) is 2.16. The van der Waals surface area contributed by atoms with Gasteiger partial charge in [-0.05, 0) is 66.6 Å². The summed E-state index contributed by atoms with van der Waals surface area (Å²) in [6, 6.07) is 13.3. The lowest BCUT2D eigenvalue weighted by Crippen LogP contribution is -2.49. The van der Waals surface area contributed by atoms with Crippen molar-refractivity contribution < 1.29 is 9.59 Å². The van der Waals surface area contributed by atoms with Crippen molar-refractivity contribution in [3.63, 3.8) is 0 Å². The monoisotopic (exact) mass is 368 g/mol. The molecule has 2 aromatic rings. The van der Waals surface area contributed by atoms with Crippen LogP contribution in [0.15, 0.2) is 42.5 Å². The SMILES string of the molecule is CC1CC(C(=O)Nc2ccc3c(c2)CCC(=O)N3)(c2cccc(Cl)c2)C1. The third kappa shape index (κ3) is 2.99. The number of amides is 2. The summed E-state index contributed by atoms with van der Waals surface area (Å²) in [4.78, 5) is 24.7. The Hall–Kier alpha value is -2.33. The molecule has 134 valence electrons. The number of aryl methyl sites for hydroxylation is 1. The maximum absolute atomic E-state index is 13.2. The van der Waals surface area contributed by atoms with Crippen LogP contribution < -0.4 is 10.6 Å². The van der Waals surface area contributed by atoms with Gasteiger partial charge >= 0.3 is 0 Å². The fourth-order valence-corrected chi connectivity index (χ4v) is 4.37. The Kier molecular flexibility index (Phi) is 4.23. The van der Waals surface area contributed by atoms with E-state index in [4.69, 9.17) is 11.6 Å². The molecule has 2 N–H and O–H groups in total. The number of hydrogen-bond donors (Lipinski definition) is 2. The summed E-state index contributed by atoms with van der Waals surface area (Å²) in [6.07, 6.45) is 2.82. The van der Waals surface area contributed by atoms with Gasteiger partial charge in [-0.2, -0.15) is 0 Å². The third-order valence-electron chi connectivity index (χ3n) is 5.46. The standard InChI is InChI=1S/C21H21ClN2O2/c1-13-11-21(12-13,15-3-2-4-16(22)10-15)20(26)23-17-6-7-18-14(9-17)5-8-19(25)24-18/h2-4,6-7,9-10,13H,5,8,11-12H2,1H3,(H,23,26)(H,24,25). The Bertz CT molecular complexity index is 887. The van der Waals surface area contributed by atoms with Crippen LogP contribution in [0.3, 0.4) is 0 Å². The second-order valence-electron chi connectivity index (χ2n) is 7.48. The molecule has 0 radical (unpaired) electrons. The molecule has 1 fully saturated rings. The number of anilines is 2. The molecule has 0 saturated heterocycles. The van der Waals surface area contributed by atoms with Crippen molar-refractivity contribution in [1.29, 1.82) is 0 Å². The predicted octanol–water partition coefficient (Wildman–Crippen LogP) is 4.53. The highest BCUT2D eigenvalue weighted by molar-refractivity contribution is 6.30. The lowest BCUT2D eigenvalue weighted by atomic mass is 9.58. The Morgan fingerprint density at radius 3 is 2.73 bits per heavy atom. The van der Waals surface area contributed by atoms with E-state index in [1.165, 1.54) is 0 Å². The topological polar surface area (TPSA) is 58.2 Å². The molecule has 1 heterocycles. The van der Waals surface area contributed by atoms with E-state index in [9.17, 15) is 9.59 Å². The summed E-state index contributed by atoms with van der Waals surface area (Å²) < 4.78 is 0. The molecule has 2 aliphatic rings. The average Bonchev–Trinajstić information content (AvgIpc) is 2.58. The molecule has 0 unspecified atom stereocenters. The van der Waals surface area contributed by atoms with Gasteiger partial charge in [0.1, 0.15) is 0 Å². The van der Waals surface area contributed by atoms with Gasteiger partial charge in [0.2, 0.25) is 11.8 Å². The van der Waals surface area contributed by atoms with Gasteiger partial charge in [-0.1, -0.05) is 30.7 Å². The van der Waals surface area contributed by atoms with Crippen molar-refractivity contribution in [3.8, 4) is 0 Å². The maximum atomic E-state index is 13.2. The highest BCUT2D eigenvalue weighted by atomic mass is 35.5. The van der Waals surface area contributed by atoms with E-state index >= 15 is 0 Å². The molecule has 26 heavy (non-hydrogen) atoms. The van der Waals surface area contributed by atoms with Crippen molar-refractivity contribution in [2.75, 3.05) is 10.6 Å². The summed E-state index contributed by atoms with van der Waals surface area (Å²) >= 11 is 6.16. The number of nitrogens with one attached hydrogen (secondary N) is 2. The van der Waals surface area contributed by atoms with Crippen LogP contribution in [0.1, 0.15) is 37.3 Å². The van der Waals surface area contributed by atoms with Crippen LogP contribution in [0.2, 0.25) is 5.02 Å². The first-order chi connectivity index (χ1) is 12.5. The maximum Gasteiger partial charge on any atom is 0.235 e. The highest BCUT2D eigenvalue weighted by Crippen LogP contribution is 2.48. The molecular weight excluding hydrogens is 348 g/mol. The zero-order valence-electron chi connectivity index (χ0n) is 14.6. The number of benzene rings is 2. The Balaban J connectivity index is 1.59. The van der Waals surface area contributed by atoms with Crippen LogP contribution >= 0.6 is 11.6 Å². The summed E-state index contributed by atoms with van der Waals surface area (Å²) in [5.41, 5.74) is 3.12. The first kappa shape index (κ1) is 17.1. The van der Waals surface area contributed by atoms with E-state index in [1.54, 1.807) is 0 Å². The fraction of sp³-hybridized carbons (Fsp3) is 0.333. The zero-order valence-corrected chi connectivity index (χ0v) is 15.4. The molecule has 5 heteroatoms. The highest BCUT2D eigenvalue weighted by Gasteiger charge is 2.49. The second kappa shape index (κ2) is 6.44. The number of halogens is 1. The van der Waals surface area contributed by atoms with Crippen LogP contribution in [-0.2, 0) is 21.4 Å². The first-order valence-corrected chi connectivity index (χ1v) is 9.34. The molecule has 1 aliphatic heterocycles. The first-order valence-electron chi connectivity index (χ1n) is 8.96. The number of carbonyl (C=O) groups is 2. The Morgan fingerprint density at radius 1 is 1.19 bits per heavy atom. The molecule has 2 amide bonds. The molecule has 0 bridgehead atoms. The van der Waals surface area contributed by atoms with Gasteiger partial charge in [0.05, 0.1) is 5.41 Å². The van der Waals surface area contributed by atoms with Crippen molar-refractivity contribution in [1.82, 2.24) is 0 Å². The molecule has 0 spiro atoms. The van der Waals surface area contributed by atoms with Crippen molar-refractivity contribution in [2.24, 2.45) is 5.92 Å². The smallest absolute Gasteiger partial charge is 0.235 e. The summed E-state index contributed by atoms with van der Waals surface area (Å²) in [7, 11) is 0. The summed E-state index contributed by atoms with van der Waals surface area (Å²) in [5.74, 6) is 0.564. The molecule has 0 atom stereocenters. The van der Waals surface area contributed by atoms with Crippen LogP contribution in [0.5, 0.6) is 0 Å². The average molecular weight is 369 g/mol. The fourth-order valence-electron chi connectivity index (χ4n) is 4.18. The van der Waals surface area contributed by atoms with E-state index in [-0.39, 0.29) is 11.8 Å². The summed E-state index contributed by atoms with van der Waals surface area (Å²) in [5, 5.41) is 6.61. The van der Waals surface area contributed by atoms with Gasteiger partial charge in [0, 0.05) is 22.8 Å². The van der Waals surface area contributed by atoms with E-state index in [0.29, 0.717) is 23.8 Å². The number of rotatable bonds is 3. The van der Waals surface area contributed by atoms with Gasteiger partial charge in [-0.15, -0.1) is 0 Å². The molecule has 4 nitrogen and oxygen atoms in total. The van der Waals surface area contributed by atoms with E-state index in [0.717, 1.165) is 35.3 Å². The minimum Gasteiger partial charge on any atom is -0.326 e. The Morgan fingerprint density at radius 2 is 2.00 bits per heavy atom. The molecule has 4 rings (SSSR count). The van der Waals surface area contributed by atoms with Crippen LogP contribution in [-0.4, -0.2) is 11.8 Å². The quantitative estimate of drug-likeness (QED) is 0.836. The lowest BCUT2D eigenvalue weighted by Gasteiger charge is -2.45. The van der Waals surface area contributed by atoms with Gasteiger partial charge in [0.25, 0.3) is 0 Å². The Labute approximate surface area is 157 Å². The van der Waals surface area contributed by atoms with E-state index in [2.05, 4.69) is 17.6 Å². The second-order valence-corrected chi connectivity index (χ2v) is 7.92. The third-order valence-corrected chi connectivity index (χ3v) is 5.70. The van der Waals surface area contributed by atoms with Crippen molar-refractivity contribution in [3.05, 3.63) is 58.6 Å². The van der Waals surface area contributed by atoms with Crippen LogP contribution in [0.25, 0.3) is 0 Å². The zero-order chi connectivity index (χ0) is 18.3. The molecular formula is C21H21ClN2O2. The normalized spacial score (nSPS) is 24.2. The van der Waals surface area contributed by atoms with Crippen molar-refractivity contribution >= 4 is 34.8 Å². The number of carbonyl (C=O) groups excluding carboxylic acids is 2. The van der Waals surface area contributed by atoms with Crippen LogP contribution in [0, 0.1) is 5.92 Å². The van der Waals surface area contributed by atoms with Gasteiger partial charge in [0.15, 0.2) is 0 Å². The van der Waals surface area contributed by atoms with Gasteiger partial charge in [-0.3, -0.25) is 9.59 Å². The number of hydrogen-bond acceptors (Lipinski definition) is 2. The van der Waals surface area contributed by atoms with Crippen molar-refractivity contribution in [2.45, 2.75) is 38.0 Å². The van der Waals surface area contributed by atoms with Gasteiger partial charge < -0.3 is 10.6 Å². The minimum atomic E-state index is -0.519. The van der Waals surface area contributed by atoms with Crippen LogP contribution in [0.4, 0.5) is 11.4 Å². The minimum absolute atomic E-state index is 0.0117. The molecule has 0 aromatic heterocycles. The van der Waals surface area contributed by atoms with E-state index in [1.807, 2.05) is 42.5 Å². The predicted molar refractivity (Wildman–Crippen MR) is 104 cm³/mol. The lowest BCUT2D eigenvalue weighted by molar-refractivity contribution is -0.126. The molecule has 1 saturated carbocycles. The molecule has 2 aromatic carbocycles. The van der Waals surface area contributed by atoms with Gasteiger partial charge in [-0.25, -0.2) is 0 Å². The number of fused-ring (bicyclic) bond motifs is 1. The van der Waals surface area contributed by atoms with E-state index < -0.39 is 5.41 Å².